The summed E-state index contributed by atoms with van der Waals surface area (Å²) in [7, 11) is 0. The number of hydrogen-bond acceptors (Lipinski definition) is 2. The van der Waals surface area contributed by atoms with E-state index in [-0.39, 0.29) is 16.6 Å². The monoisotopic (exact) mass is 292 g/mol. The van der Waals surface area contributed by atoms with Gasteiger partial charge in [0.25, 0.3) is 0 Å². The van der Waals surface area contributed by atoms with Gasteiger partial charge in [-0.15, -0.1) is 0 Å². The highest BCUT2D eigenvalue weighted by Crippen LogP contribution is 2.24. The largest absolute Gasteiger partial charge is 0.378 e. The van der Waals surface area contributed by atoms with Crippen LogP contribution in [0.2, 0.25) is 5.02 Å². The van der Waals surface area contributed by atoms with E-state index in [1.165, 1.54) is 30.3 Å². The molecule has 102 valence electrons. The molecule has 20 heavy (non-hydrogen) atoms. The molecule has 2 nitrogen and oxygen atoms in total. The van der Waals surface area contributed by atoms with Gasteiger partial charge in [0.2, 0.25) is 0 Å². The van der Waals surface area contributed by atoms with Crippen LogP contribution in [0.15, 0.2) is 36.4 Å². The highest BCUT2D eigenvalue weighted by Gasteiger charge is 2.09. The zero-order chi connectivity index (χ0) is 14.7. The Kier molecular flexibility index (Phi) is 4.21. The molecular formula is C15H11ClF2N2. The molecule has 5 heteroatoms. The molecule has 0 aliphatic heterocycles. The Balaban J connectivity index is 2.21. The predicted octanol–water partition coefficient (Wildman–Crippen LogP) is 4.66. The fraction of sp³-hybridized carbons (Fsp3) is 0.133. The van der Waals surface area contributed by atoms with Crippen molar-refractivity contribution >= 4 is 17.3 Å². The molecule has 0 aliphatic rings. The van der Waals surface area contributed by atoms with Crippen LogP contribution in [0, 0.1) is 23.0 Å². The third-order valence-electron chi connectivity index (χ3n) is 2.91. The maximum Gasteiger partial charge on any atom is 0.141 e. The van der Waals surface area contributed by atoms with Crippen LogP contribution in [0.5, 0.6) is 0 Å². The summed E-state index contributed by atoms with van der Waals surface area (Å²) in [6, 6.07) is 10.3. The topological polar surface area (TPSA) is 35.8 Å². The number of hydrogen-bond donors (Lipinski definition) is 1. The summed E-state index contributed by atoms with van der Waals surface area (Å²) in [5, 5.41) is 11.9. The number of benzene rings is 2. The second-order valence-corrected chi connectivity index (χ2v) is 4.75. The quantitative estimate of drug-likeness (QED) is 0.893. The van der Waals surface area contributed by atoms with Gasteiger partial charge in [-0.3, -0.25) is 0 Å². The summed E-state index contributed by atoms with van der Waals surface area (Å²) in [5.41, 5.74) is 1.37. The van der Waals surface area contributed by atoms with Gasteiger partial charge in [0.1, 0.15) is 17.7 Å². The number of anilines is 1. The lowest BCUT2D eigenvalue weighted by molar-refractivity contribution is 0.623. The molecule has 0 aromatic heterocycles. The molecule has 1 atom stereocenters. The average Bonchev–Trinajstić information content (AvgIpc) is 2.43. The number of nitriles is 1. The number of rotatable bonds is 3. The van der Waals surface area contributed by atoms with E-state index in [1.54, 1.807) is 12.1 Å². The first kappa shape index (κ1) is 14.3. The minimum absolute atomic E-state index is 0.0284. The van der Waals surface area contributed by atoms with Crippen molar-refractivity contribution in [2.45, 2.75) is 13.0 Å². The summed E-state index contributed by atoms with van der Waals surface area (Å²) in [6.45, 7) is 1.86. The van der Waals surface area contributed by atoms with E-state index in [9.17, 15) is 8.78 Å². The third kappa shape index (κ3) is 3.06. The van der Waals surface area contributed by atoms with Crippen LogP contribution in [0.1, 0.15) is 24.1 Å². The van der Waals surface area contributed by atoms with Gasteiger partial charge in [-0.2, -0.15) is 5.26 Å². The molecule has 0 radical (unpaired) electrons. The van der Waals surface area contributed by atoms with E-state index < -0.39 is 11.6 Å². The fourth-order valence-corrected chi connectivity index (χ4v) is 2.00. The lowest BCUT2D eigenvalue weighted by Gasteiger charge is -2.16. The van der Waals surface area contributed by atoms with Crippen molar-refractivity contribution in [3.63, 3.8) is 0 Å². The average molecular weight is 293 g/mol. The molecule has 0 saturated heterocycles. The lowest BCUT2D eigenvalue weighted by Crippen LogP contribution is -2.07. The highest BCUT2D eigenvalue weighted by atomic mass is 35.5. The van der Waals surface area contributed by atoms with Crippen molar-refractivity contribution in [1.29, 1.82) is 5.26 Å². The highest BCUT2D eigenvalue weighted by molar-refractivity contribution is 6.30. The van der Waals surface area contributed by atoms with E-state index in [0.29, 0.717) is 5.69 Å². The zero-order valence-electron chi connectivity index (χ0n) is 10.6. The predicted molar refractivity (Wildman–Crippen MR) is 74.6 cm³/mol. The molecule has 2 aromatic rings. The standard InChI is InChI=1S/C15H11ClF2N2/c1-9(10-2-4-15(18)13(16)7-10)20-12-3-5-14(17)11(6-12)8-19/h2-7,9,20H,1H3. The minimum Gasteiger partial charge on any atom is -0.378 e. The van der Waals surface area contributed by atoms with Gasteiger partial charge in [0.05, 0.1) is 10.6 Å². The Bertz CT molecular complexity index is 680. The molecule has 0 saturated carbocycles. The number of halogens is 3. The first-order valence-electron chi connectivity index (χ1n) is 5.92. The van der Waals surface area contributed by atoms with Gasteiger partial charge in [0, 0.05) is 11.7 Å². The Hall–Kier alpha value is -2.12. The van der Waals surface area contributed by atoms with E-state index in [1.807, 2.05) is 6.92 Å². The number of nitrogens with one attached hydrogen (secondary N) is 1. The van der Waals surface area contributed by atoms with Crippen molar-refractivity contribution in [1.82, 2.24) is 0 Å². The summed E-state index contributed by atoms with van der Waals surface area (Å²) < 4.78 is 26.3. The maximum atomic E-state index is 13.2. The van der Waals surface area contributed by atoms with Crippen molar-refractivity contribution in [2.24, 2.45) is 0 Å². The van der Waals surface area contributed by atoms with E-state index >= 15 is 0 Å². The van der Waals surface area contributed by atoms with Gasteiger partial charge in [0.15, 0.2) is 0 Å². The van der Waals surface area contributed by atoms with Crippen LogP contribution in [0.25, 0.3) is 0 Å². The van der Waals surface area contributed by atoms with Crippen LogP contribution in [0.4, 0.5) is 14.5 Å². The first-order chi connectivity index (χ1) is 9.51. The van der Waals surface area contributed by atoms with Crippen LogP contribution in [-0.2, 0) is 0 Å². The third-order valence-corrected chi connectivity index (χ3v) is 3.20. The second-order valence-electron chi connectivity index (χ2n) is 4.35. The fourth-order valence-electron chi connectivity index (χ4n) is 1.82. The van der Waals surface area contributed by atoms with Gasteiger partial charge >= 0.3 is 0 Å². The van der Waals surface area contributed by atoms with Crippen molar-refractivity contribution in [3.05, 3.63) is 64.2 Å². The molecule has 0 heterocycles. The molecule has 0 fully saturated rings. The molecule has 1 unspecified atom stereocenters. The second kappa shape index (κ2) is 5.89. The molecule has 2 aromatic carbocycles. The van der Waals surface area contributed by atoms with Crippen LogP contribution < -0.4 is 5.32 Å². The van der Waals surface area contributed by atoms with Gasteiger partial charge in [-0.25, -0.2) is 8.78 Å². The molecule has 0 amide bonds. The molecule has 1 N–H and O–H groups in total. The Labute approximate surface area is 120 Å². The lowest BCUT2D eigenvalue weighted by atomic mass is 10.1. The molecule has 0 aliphatic carbocycles. The van der Waals surface area contributed by atoms with Gasteiger partial charge in [-0.05, 0) is 42.8 Å². The number of nitrogens with zero attached hydrogens (tertiary/aromatic N) is 1. The normalized spacial score (nSPS) is 11.8. The molecule has 2 rings (SSSR count). The van der Waals surface area contributed by atoms with Gasteiger partial charge in [-0.1, -0.05) is 17.7 Å². The first-order valence-corrected chi connectivity index (χ1v) is 6.30. The van der Waals surface area contributed by atoms with E-state index in [2.05, 4.69) is 5.32 Å². The summed E-state index contributed by atoms with van der Waals surface area (Å²) in [5.74, 6) is -1.04. The minimum atomic E-state index is -0.560. The van der Waals surface area contributed by atoms with Crippen LogP contribution in [-0.4, -0.2) is 0 Å². The molecule has 0 bridgehead atoms. The molecule has 0 spiro atoms. The Morgan fingerprint density at radius 3 is 2.50 bits per heavy atom. The summed E-state index contributed by atoms with van der Waals surface area (Å²) in [6.07, 6.45) is 0. The van der Waals surface area contributed by atoms with E-state index in [4.69, 9.17) is 16.9 Å². The smallest absolute Gasteiger partial charge is 0.141 e. The van der Waals surface area contributed by atoms with Crippen molar-refractivity contribution in [3.8, 4) is 6.07 Å². The van der Waals surface area contributed by atoms with Crippen molar-refractivity contribution < 1.29 is 8.78 Å². The van der Waals surface area contributed by atoms with Crippen LogP contribution >= 0.6 is 11.6 Å². The summed E-state index contributed by atoms with van der Waals surface area (Å²) in [4.78, 5) is 0. The van der Waals surface area contributed by atoms with Gasteiger partial charge < -0.3 is 5.32 Å². The Morgan fingerprint density at radius 1 is 1.15 bits per heavy atom. The van der Waals surface area contributed by atoms with Crippen molar-refractivity contribution in [2.75, 3.05) is 5.32 Å². The zero-order valence-corrected chi connectivity index (χ0v) is 11.4. The SMILES string of the molecule is CC(Nc1ccc(F)c(C#N)c1)c1ccc(F)c(Cl)c1. The summed E-state index contributed by atoms with van der Waals surface area (Å²) >= 11 is 5.73. The van der Waals surface area contributed by atoms with Crippen LogP contribution in [0.3, 0.4) is 0 Å². The Morgan fingerprint density at radius 2 is 1.85 bits per heavy atom. The van der Waals surface area contributed by atoms with E-state index in [0.717, 1.165) is 5.56 Å². The molecular weight excluding hydrogens is 282 g/mol. The maximum absolute atomic E-state index is 13.2.